The number of para-hydroxylation sites is 1. The van der Waals surface area contributed by atoms with Gasteiger partial charge in [0.05, 0.1) is 11.9 Å². The fourth-order valence-corrected chi connectivity index (χ4v) is 3.47. The first kappa shape index (κ1) is 19.8. The van der Waals surface area contributed by atoms with Gasteiger partial charge in [-0.3, -0.25) is 4.79 Å². The van der Waals surface area contributed by atoms with E-state index < -0.39 is 0 Å². The Hall–Kier alpha value is -3.51. The van der Waals surface area contributed by atoms with Crippen molar-refractivity contribution in [3.05, 3.63) is 106 Å². The minimum atomic E-state index is -0.278. The first-order chi connectivity index (χ1) is 14.6. The van der Waals surface area contributed by atoms with Crippen molar-refractivity contribution in [2.24, 2.45) is 5.10 Å². The van der Waals surface area contributed by atoms with E-state index in [0.717, 1.165) is 32.5 Å². The van der Waals surface area contributed by atoms with E-state index in [4.69, 9.17) is 5.10 Å². The van der Waals surface area contributed by atoms with E-state index in [-0.39, 0.29) is 5.91 Å². The Labute approximate surface area is 183 Å². The van der Waals surface area contributed by atoms with Crippen molar-refractivity contribution in [3.63, 3.8) is 0 Å². The Kier molecular flexibility index (Phi) is 5.86. The number of amides is 1. The van der Waals surface area contributed by atoms with Crippen LogP contribution in [0, 0.1) is 6.92 Å². The van der Waals surface area contributed by atoms with E-state index in [2.05, 4.69) is 32.5 Å². The lowest BCUT2D eigenvalue weighted by atomic mass is 10.1. The molecule has 0 saturated heterocycles. The zero-order chi connectivity index (χ0) is 20.9. The number of carbonyl (C=O) groups is 1. The Morgan fingerprint density at radius 2 is 1.83 bits per heavy atom. The maximum Gasteiger partial charge on any atom is 0.271 e. The van der Waals surface area contributed by atoms with Crippen LogP contribution < -0.4 is 5.43 Å². The van der Waals surface area contributed by atoms with Gasteiger partial charge in [0.1, 0.15) is 5.69 Å². The van der Waals surface area contributed by atoms with Crippen LogP contribution in [-0.2, 0) is 0 Å². The molecule has 0 unspecified atom stereocenters. The maximum atomic E-state index is 12.3. The van der Waals surface area contributed by atoms with E-state index in [1.54, 1.807) is 18.3 Å². The number of hydrazone groups is 1. The predicted molar refractivity (Wildman–Crippen MR) is 123 cm³/mol. The van der Waals surface area contributed by atoms with Crippen LogP contribution >= 0.6 is 15.9 Å². The summed E-state index contributed by atoms with van der Waals surface area (Å²) in [4.78, 5) is 12.3. The van der Waals surface area contributed by atoms with Gasteiger partial charge in [-0.05, 0) is 43.3 Å². The summed E-state index contributed by atoms with van der Waals surface area (Å²) in [6.45, 7) is 2.05. The predicted octanol–water partition coefficient (Wildman–Crippen LogP) is 5.37. The van der Waals surface area contributed by atoms with Gasteiger partial charge in [-0.1, -0.05) is 64.0 Å². The minimum absolute atomic E-state index is 0.278. The fraction of sp³-hybridized carbons (Fsp3) is 0.0417. The number of aryl methyl sites for hydroxylation is 1. The number of rotatable bonds is 5. The monoisotopic (exact) mass is 458 g/mol. The highest BCUT2D eigenvalue weighted by Crippen LogP contribution is 2.23. The van der Waals surface area contributed by atoms with Crippen molar-refractivity contribution in [3.8, 4) is 16.9 Å². The van der Waals surface area contributed by atoms with Crippen molar-refractivity contribution in [2.45, 2.75) is 6.92 Å². The van der Waals surface area contributed by atoms with Gasteiger partial charge in [0.25, 0.3) is 5.91 Å². The van der Waals surface area contributed by atoms with Gasteiger partial charge in [-0.15, -0.1) is 0 Å². The summed E-state index contributed by atoms with van der Waals surface area (Å²) in [7, 11) is 0. The number of nitrogens with one attached hydrogen (secondary N) is 1. The highest BCUT2D eigenvalue weighted by atomic mass is 79.9. The summed E-state index contributed by atoms with van der Waals surface area (Å²) in [5, 5.41) is 8.94. The Morgan fingerprint density at radius 3 is 2.60 bits per heavy atom. The third-order valence-electron chi connectivity index (χ3n) is 4.51. The summed E-state index contributed by atoms with van der Waals surface area (Å²) in [6.07, 6.45) is 3.53. The van der Waals surface area contributed by atoms with Gasteiger partial charge in [-0.2, -0.15) is 10.2 Å². The SMILES string of the molecule is Cc1cccc(-c2nn(-c3ccccc3)cc2/C=N/NC(=O)c2cccc(Br)c2)c1. The lowest BCUT2D eigenvalue weighted by Gasteiger charge is -2.02. The molecule has 1 heterocycles. The van der Waals surface area contributed by atoms with E-state index in [1.807, 2.05) is 78.5 Å². The van der Waals surface area contributed by atoms with Gasteiger partial charge in [0.2, 0.25) is 0 Å². The summed E-state index contributed by atoms with van der Waals surface area (Å²) in [5.74, 6) is -0.278. The van der Waals surface area contributed by atoms with Crippen molar-refractivity contribution in [2.75, 3.05) is 0 Å². The Balaban J connectivity index is 1.65. The van der Waals surface area contributed by atoms with Gasteiger partial charge in [0.15, 0.2) is 0 Å². The van der Waals surface area contributed by atoms with Crippen LogP contribution in [0.2, 0.25) is 0 Å². The third-order valence-corrected chi connectivity index (χ3v) is 5.00. The fourth-order valence-electron chi connectivity index (χ4n) is 3.07. The Bertz CT molecular complexity index is 1210. The second-order valence-electron chi connectivity index (χ2n) is 6.79. The first-order valence-electron chi connectivity index (χ1n) is 9.41. The number of benzene rings is 3. The van der Waals surface area contributed by atoms with Crippen LogP contribution in [0.1, 0.15) is 21.5 Å². The van der Waals surface area contributed by atoms with Crippen molar-refractivity contribution >= 4 is 28.1 Å². The summed E-state index contributed by atoms with van der Waals surface area (Å²) in [5.41, 5.74) is 7.80. The van der Waals surface area contributed by atoms with E-state index in [9.17, 15) is 4.79 Å². The molecule has 6 heteroatoms. The third kappa shape index (κ3) is 4.55. The number of halogens is 1. The summed E-state index contributed by atoms with van der Waals surface area (Å²) in [6, 6.07) is 25.2. The zero-order valence-corrected chi connectivity index (χ0v) is 17.9. The normalized spacial score (nSPS) is 11.0. The van der Waals surface area contributed by atoms with E-state index >= 15 is 0 Å². The van der Waals surface area contributed by atoms with Gasteiger partial charge in [0, 0.05) is 27.4 Å². The number of nitrogens with zero attached hydrogens (tertiary/aromatic N) is 3. The van der Waals surface area contributed by atoms with Crippen LogP contribution in [-0.4, -0.2) is 21.9 Å². The number of hydrogen-bond acceptors (Lipinski definition) is 3. The van der Waals surface area contributed by atoms with E-state index in [1.165, 1.54) is 0 Å². The largest absolute Gasteiger partial charge is 0.271 e. The summed E-state index contributed by atoms with van der Waals surface area (Å²) >= 11 is 3.37. The molecular weight excluding hydrogens is 440 g/mol. The molecule has 0 aliphatic carbocycles. The smallest absolute Gasteiger partial charge is 0.267 e. The van der Waals surface area contributed by atoms with Gasteiger partial charge in [-0.25, -0.2) is 10.1 Å². The molecule has 4 rings (SSSR count). The lowest BCUT2D eigenvalue weighted by Crippen LogP contribution is -2.17. The van der Waals surface area contributed by atoms with Crippen LogP contribution in [0.5, 0.6) is 0 Å². The van der Waals surface area contributed by atoms with Gasteiger partial charge >= 0.3 is 0 Å². The highest BCUT2D eigenvalue weighted by Gasteiger charge is 2.12. The number of carbonyl (C=O) groups excluding carboxylic acids is 1. The second-order valence-corrected chi connectivity index (χ2v) is 7.71. The first-order valence-corrected chi connectivity index (χ1v) is 10.2. The molecule has 3 aromatic carbocycles. The molecule has 0 spiro atoms. The molecule has 0 aliphatic rings. The van der Waals surface area contributed by atoms with Crippen LogP contribution in [0.3, 0.4) is 0 Å². The Morgan fingerprint density at radius 1 is 1.03 bits per heavy atom. The molecule has 0 atom stereocenters. The molecule has 30 heavy (non-hydrogen) atoms. The summed E-state index contributed by atoms with van der Waals surface area (Å²) < 4.78 is 2.65. The minimum Gasteiger partial charge on any atom is -0.267 e. The number of aromatic nitrogens is 2. The molecule has 0 bridgehead atoms. The molecule has 1 N–H and O–H groups in total. The quantitative estimate of drug-likeness (QED) is 0.322. The lowest BCUT2D eigenvalue weighted by molar-refractivity contribution is 0.0955. The number of hydrogen-bond donors (Lipinski definition) is 1. The van der Waals surface area contributed by atoms with Crippen LogP contribution in [0.15, 0.2) is 94.6 Å². The molecule has 5 nitrogen and oxygen atoms in total. The average molecular weight is 459 g/mol. The van der Waals surface area contributed by atoms with Crippen molar-refractivity contribution in [1.82, 2.24) is 15.2 Å². The molecular formula is C24H19BrN4O. The van der Waals surface area contributed by atoms with Gasteiger partial charge < -0.3 is 0 Å². The average Bonchev–Trinajstić information content (AvgIpc) is 3.18. The van der Waals surface area contributed by atoms with E-state index in [0.29, 0.717) is 5.56 Å². The molecule has 0 aliphatic heterocycles. The molecule has 148 valence electrons. The molecule has 0 radical (unpaired) electrons. The maximum absolute atomic E-state index is 12.3. The topological polar surface area (TPSA) is 59.3 Å². The van der Waals surface area contributed by atoms with Crippen molar-refractivity contribution in [1.29, 1.82) is 0 Å². The standard InChI is InChI=1S/C24H19BrN4O/c1-17-7-5-8-18(13-17)23-20(16-29(28-23)22-11-3-2-4-12-22)15-26-27-24(30)19-9-6-10-21(25)14-19/h2-16H,1H3,(H,27,30)/b26-15+. The molecule has 0 saturated carbocycles. The molecule has 1 aromatic heterocycles. The second kappa shape index (κ2) is 8.88. The van der Waals surface area contributed by atoms with Crippen molar-refractivity contribution < 1.29 is 4.79 Å². The van der Waals surface area contributed by atoms with Crippen LogP contribution in [0.25, 0.3) is 16.9 Å². The highest BCUT2D eigenvalue weighted by molar-refractivity contribution is 9.10. The zero-order valence-electron chi connectivity index (χ0n) is 16.3. The molecule has 0 fully saturated rings. The molecule has 1 amide bonds. The molecule has 4 aromatic rings. The van der Waals surface area contributed by atoms with Crippen LogP contribution in [0.4, 0.5) is 0 Å².